The topological polar surface area (TPSA) is 76.9 Å². The minimum absolute atomic E-state index is 0.420. The Kier molecular flexibility index (Phi) is 5.39. The summed E-state index contributed by atoms with van der Waals surface area (Å²) in [7, 11) is 0. The van der Waals surface area contributed by atoms with Gasteiger partial charge in [-0.3, -0.25) is 0 Å². The van der Waals surface area contributed by atoms with Gasteiger partial charge in [0, 0.05) is 11.7 Å². The van der Waals surface area contributed by atoms with Crippen LogP contribution in [0.25, 0.3) is 16.7 Å². The second-order valence-electron chi connectivity index (χ2n) is 7.73. The van der Waals surface area contributed by atoms with Crippen LogP contribution >= 0.6 is 0 Å². The quantitative estimate of drug-likeness (QED) is 0.427. The van der Waals surface area contributed by atoms with Crippen LogP contribution in [0.3, 0.4) is 0 Å². The molecule has 1 fully saturated rings. The maximum Gasteiger partial charge on any atom is 0.226 e. The van der Waals surface area contributed by atoms with Crippen molar-refractivity contribution in [3.05, 3.63) is 60.8 Å². The largest absolute Gasteiger partial charge is 0.494 e. The number of aromatic nitrogens is 4. The zero-order chi connectivity index (χ0) is 21.0. The Labute approximate surface area is 181 Å². The van der Waals surface area contributed by atoms with E-state index in [-0.39, 0.29) is 0 Å². The molecule has 0 aliphatic heterocycles. The molecule has 2 N–H and O–H groups in total. The fraction of sp³-hybridized carbons (Fsp3) is 0.292. The highest BCUT2D eigenvalue weighted by atomic mass is 16.5. The fourth-order valence-electron chi connectivity index (χ4n) is 4.02. The predicted molar refractivity (Wildman–Crippen MR) is 123 cm³/mol. The Balaban J connectivity index is 1.54. The molecule has 7 heteroatoms. The number of nitrogens with zero attached hydrogens (tertiary/aromatic N) is 4. The summed E-state index contributed by atoms with van der Waals surface area (Å²) in [4.78, 5) is 9.64. The summed E-state index contributed by atoms with van der Waals surface area (Å²) in [5.41, 5.74) is 2.67. The number of anilines is 3. The summed E-state index contributed by atoms with van der Waals surface area (Å²) in [5, 5.41) is 12.5. The second kappa shape index (κ2) is 8.63. The number of fused-ring (bicyclic) bond motifs is 1. The predicted octanol–water partition coefficient (Wildman–Crippen LogP) is 5.31. The first-order valence-electron chi connectivity index (χ1n) is 10.9. The van der Waals surface area contributed by atoms with Gasteiger partial charge < -0.3 is 15.4 Å². The van der Waals surface area contributed by atoms with Gasteiger partial charge >= 0.3 is 0 Å². The van der Waals surface area contributed by atoms with Crippen LogP contribution in [0.2, 0.25) is 0 Å². The molecule has 0 spiro atoms. The summed E-state index contributed by atoms with van der Waals surface area (Å²) in [5.74, 6) is 2.21. The van der Waals surface area contributed by atoms with E-state index in [0.29, 0.717) is 18.6 Å². The minimum atomic E-state index is 0.420. The van der Waals surface area contributed by atoms with Gasteiger partial charge in [-0.15, -0.1) is 0 Å². The van der Waals surface area contributed by atoms with Gasteiger partial charge in [-0.25, -0.2) is 4.68 Å². The van der Waals surface area contributed by atoms with Crippen LogP contribution in [-0.2, 0) is 0 Å². The van der Waals surface area contributed by atoms with Crippen LogP contribution in [0, 0.1) is 0 Å². The highest BCUT2D eigenvalue weighted by molar-refractivity contribution is 5.90. The van der Waals surface area contributed by atoms with Crippen molar-refractivity contribution in [2.24, 2.45) is 0 Å². The molecule has 7 nitrogen and oxygen atoms in total. The number of benzene rings is 2. The van der Waals surface area contributed by atoms with Crippen LogP contribution in [-0.4, -0.2) is 32.4 Å². The number of nitrogens with one attached hydrogen (secondary N) is 2. The van der Waals surface area contributed by atoms with E-state index in [1.165, 1.54) is 12.8 Å². The Morgan fingerprint density at radius 1 is 1.00 bits per heavy atom. The molecule has 1 aliphatic carbocycles. The van der Waals surface area contributed by atoms with Gasteiger partial charge in [-0.2, -0.15) is 15.1 Å². The Hall–Kier alpha value is -3.61. The molecule has 1 saturated carbocycles. The van der Waals surface area contributed by atoms with Crippen molar-refractivity contribution in [3.8, 4) is 11.4 Å². The normalized spacial score (nSPS) is 14.1. The zero-order valence-electron chi connectivity index (χ0n) is 17.6. The van der Waals surface area contributed by atoms with Crippen molar-refractivity contribution in [3.63, 3.8) is 0 Å². The zero-order valence-corrected chi connectivity index (χ0v) is 17.6. The van der Waals surface area contributed by atoms with Gasteiger partial charge in [0.15, 0.2) is 5.65 Å². The van der Waals surface area contributed by atoms with Crippen LogP contribution in [0.4, 0.5) is 17.5 Å². The first kappa shape index (κ1) is 19.4. The van der Waals surface area contributed by atoms with Crippen LogP contribution in [0.5, 0.6) is 5.75 Å². The number of rotatable bonds is 7. The van der Waals surface area contributed by atoms with Gasteiger partial charge in [-0.05, 0) is 56.2 Å². The Morgan fingerprint density at radius 2 is 1.77 bits per heavy atom. The number of para-hydroxylation sites is 1. The minimum Gasteiger partial charge on any atom is -0.494 e. The summed E-state index contributed by atoms with van der Waals surface area (Å²) in [6.45, 7) is 2.63. The van der Waals surface area contributed by atoms with E-state index in [0.717, 1.165) is 46.8 Å². The van der Waals surface area contributed by atoms with Crippen molar-refractivity contribution < 1.29 is 4.74 Å². The Bertz CT molecular complexity index is 1150. The molecule has 2 heterocycles. The molecule has 0 atom stereocenters. The third-order valence-corrected chi connectivity index (χ3v) is 5.55. The first-order chi connectivity index (χ1) is 15.3. The molecule has 0 radical (unpaired) electrons. The van der Waals surface area contributed by atoms with Gasteiger partial charge in [0.1, 0.15) is 11.6 Å². The maximum atomic E-state index is 5.55. The highest BCUT2D eigenvalue weighted by Gasteiger charge is 2.19. The van der Waals surface area contributed by atoms with E-state index in [9.17, 15) is 0 Å². The van der Waals surface area contributed by atoms with E-state index in [1.54, 1.807) is 0 Å². The molecule has 0 unspecified atom stereocenters. The molecular weight excluding hydrogens is 388 g/mol. The molecule has 2 aromatic heterocycles. The summed E-state index contributed by atoms with van der Waals surface area (Å²) in [6.07, 6.45) is 6.62. The van der Waals surface area contributed by atoms with E-state index in [2.05, 4.69) is 15.7 Å². The third kappa shape index (κ3) is 4.17. The monoisotopic (exact) mass is 414 g/mol. The number of ether oxygens (including phenoxy) is 1. The Morgan fingerprint density at radius 3 is 2.52 bits per heavy atom. The van der Waals surface area contributed by atoms with Crippen molar-refractivity contribution in [1.82, 2.24) is 19.7 Å². The molecule has 158 valence electrons. The van der Waals surface area contributed by atoms with E-state index in [4.69, 9.17) is 14.7 Å². The standard InChI is InChI=1S/C24H26N6O/c1-2-31-20-14-12-18(13-15-20)26-22-21-16-25-30(19-10-4-3-5-11-19)23(21)29-24(28-22)27-17-8-6-7-9-17/h3-5,10-17H,2,6-9H2,1H3,(H2,26,27,28,29). The van der Waals surface area contributed by atoms with Crippen molar-refractivity contribution in [2.75, 3.05) is 17.2 Å². The highest BCUT2D eigenvalue weighted by Crippen LogP contribution is 2.29. The summed E-state index contributed by atoms with van der Waals surface area (Å²) < 4.78 is 7.41. The fourth-order valence-corrected chi connectivity index (χ4v) is 4.02. The van der Waals surface area contributed by atoms with Crippen LogP contribution in [0.1, 0.15) is 32.6 Å². The van der Waals surface area contributed by atoms with E-state index >= 15 is 0 Å². The lowest BCUT2D eigenvalue weighted by Gasteiger charge is -2.14. The lowest BCUT2D eigenvalue weighted by molar-refractivity contribution is 0.340. The maximum absolute atomic E-state index is 5.55. The number of hydrogen-bond acceptors (Lipinski definition) is 6. The van der Waals surface area contributed by atoms with Crippen molar-refractivity contribution in [1.29, 1.82) is 0 Å². The van der Waals surface area contributed by atoms with Crippen molar-refractivity contribution >= 4 is 28.5 Å². The molecule has 5 rings (SSSR count). The molecule has 0 saturated heterocycles. The number of hydrogen-bond donors (Lipinski definition) is 2. The first-order valence-corrected chi connectivity index (χ1v) is 10.9. The lowest BCUT2D eigenvalue weighted by atomic mass is 10.2. The second-order valence-corrected chi connectivity index (χ2v) is 7.73. The molecule has 1 aliphatic rings. The van der Waals surface area contributed by atoms with E-state index < -0.39 is 0 Å². The van der Waals surface area contributed by atoms with Crippen molar-refractivity contribution in [2.45, 2.75) is 38.6 Å². The lowest BCUT2D eigenvalue weighted by Crippen LogP contribution is -2.17. The summed E-state index contributed by atoms with van der Waals surface area (Å²) in [6, 6.07) is 18.4. The molecule has 4 aromatic rings. The molecule has 0 bridgehead atoms. The van der Waals surface area contributed by atoms with Gasteiger partial charge in [0.2, 0.25) is 5.95 Å². The van der Waals surface area contributed by atoms with Gasteiger partial charge in [0.05, 0.1) is 23.9 Å². The molecular formula is C24H26N6O. The van der Waals surface area contributed by atoms with Crippen LogP contribution in [0.15, 0.2) is 60.8 Å². The van der Waals surface area contributed by atoms with E-state index in [1.807, 2.05) is 72.4 Å². The van der Waals surface area contributed by atoms with Gasteiger partial charge in [-0.1, -0.05) is 31.0 Å². The molecule has 2 aromatic carbocycles. The third-order valence-electron chi connectivity index (χ3n) is 5.55. The molecule has 0 amide bonds. The summed E-state index contributed by atoms with van der Waals surface area (Å²) >= 11 is 0. The van der Waals surface area contributed by atoms with Gasteiger partial charge in [0.25, 0.3) is 0 Å². The average Bonchev–Trinajstić information content (AvgIpc) is 3.46. The smallest absolute Gasteiger partial charge is 0.226 e. The van der Waals surface area contributed by atoms with Crippen LogP contribution < -0.4 is 15.4 Å². The SMILES string of the molecule is CCOc1ccc(Nc2nc(NC3CCCC3)nc3c2cnn3-c2ccccc2)cc1. The average molecular weight is 415 g/mol. The molecule has 31 heavy (non-hydrogen) atoms.